The van der Waals surface area contributed by atoms with Crippen LogP contribution in [-0.4, -0.2) is 20.8 Å². The third-order valence-electron chi connectivity index (χ3n) is 2.46. The van der Waals surface area contributed by atoms with Crippen molar-refractivity contribution in [3.8, 4) is 11.5 Å². The Morgan fingerprint density at radius 1 is 1.37 bits per heavy atom. The van der Waals surface area contributed by atoms with Gasteiger partial charge in [-0.2, -0.15) is 0 Å². The largest absolute Gasteiger partial charge is 0.456 e. The maximum atomic E-state index is 11.2. The van der Waals surface area contributed by atoms with Crippen LogP contribution in [-0.2, 0) is 17.6 Å². The van der Waals surface area contributed by atoms with Gasteiger partial charge in [0, 0.05) is 12.7 Å². The van der Waals surface area contributed by atoms with E-state index in [2.05, 4.69) is 10.3 Å². The van der Waals surface area contributed by atoms with Crippen molar-refractivity contribution in [2.45, 2.75) is 11.4 Å². The third kappa shape index (κ3) is 3.60. The van der Waals surface area contributed by atoms with E-state index in [1.54, 1.807) is 49.8 Å². The van der Waals surface area contributed by atoms with Crippen molar-refractivity contribution in [3.63, 3.8) is 0 Å². The van der Waals surface area contributed by atoms with Crippen LogP contribution in [0, 0.1) is 0 Å². The van der Waals surface area contributed by atoms with Crippen LogP contribution in [0.15, 0.2) is 47.6 Å². The molecule has 0 fully saturated rings. The first-order valence-electron chi connectivity index (χ1n) is 5.67. The number of rotatable bonds is 5. The lowest BCUT2D eigenvalue weighted by Crippen LogP contribution is -2.08. The second kappa shape index (κ2) is 6.42. The summed E-state index contributed by atoms with van der Waals surface area (Å²) >= 11 is -2.00. The fourth-order valence-electron chi connectivity index (χ4n) is 1.66. The predicted octanol–water partition coefficient (Wildman–Crippen LogP) is 2.17. The molecule has 0 aliphatic carbocycles. The molecule has 1 unspecified atom stereocenters. The molecule has 100 valence electrons. The molecule has 0 bridgehead atoms. The van der Waals surface area contributed by atoms with E-state index in [0.29, 0.717) is 22.9 Å². The Labute approximate surface area is 113 Å². The SMILES string of the molecule is CNCc1cc(Oc2cccnc2)ccc1S(=O)O. The van der Waals surface area contributed by atoms with Gasteiger partial charge >= 0.3 is 0 Å². The first kappa shape index (κ1) is 13.7. The van der Waals surface area contributed by atoms with E-state index in [1.807, 2.05) is 0 Å². The molecule has 5 nitrogen and oxygen atoms in total. The van der Waals surface area contributed by atoms with Crippen LogP contribution < -0.4 is 10.1 Å². The summed E-state index contributed by atoms with van der Waals surface area (Å²) in [7, 11) is 1.78. The predicted molar refractivity (Wildman–Crippen MR) is 72.6 cm³/mol. The zero-order valence-electron chi connectivity index (χ0n) is 10.4. The second-order valence-electron chi connectivity index (χ2n) is 3.84. The summed E-state index contributed by atoms with van der Waals surface area (Å²) in [6, 6.07) is 8.57. The maximum absolute atomic E-state index is 11.2. The molecular weight excluding hydrogens is 264 g/mol. The van der Waals surface area contributed by atoms with Crippen LogP contribution in [0.2, 0.25) is 0 Å². The zero-order valence-corrected chi connectivity index (χ0v) is 11.2. The van der Waals surface area contributed by atoms with Crippen molar-refractivity contribution in [3.05, 3.63) is 48.3 Å². The summed E-state index contributed by atoms with van der Waals surface area (Å²) < 4.78 is 26.0. The Hall–Kier alpha value is -1.76. The van der Waals surface area contributed by atoms with Crippen molar-refractivity contribution < 1.29 is 13.5 Å². The van der Waals surface area contributed by atoms with Crippen molar-refractivity contribution in [1.29, 1.82) is 0 Å². The monoisotopic (exact) mass is 278 g/mol. The maximum Gasteiger partial charge on any atom is 0.186 e. The highest BCUT2D eigenvalue weighted by Gasteiger charge is 2.09. The normalized spacial score (nSPS) is 12.1. The number of hydrogen-bond donors (Lipinski definition) is 2. The highest BCUT2D eigenvalue weighted by molar-refractivity contribution is 7.79. The number of hydrogen-bond acceptors (Lipinski definition) is 4. The summed E-state index contributed by atoms with van der Waals surface area (Å²) in [4.78, 5) is 4.34. The average Bonchev–Trinajstić information content (AvgIpc) is 2.40. The standard InChI is InChI=1S/C13H14N2O3S/c1-14-8-10-7-11(4-5-13(10)19(16)17)18-12-3-2-6-15-9-12/h2-7,9,14H,8H2,1H3,(H,16,17). The number of benzene rings is 1. The number of pyridine rings is 1. The van der Waals surface area contributed by atoms with E-state index in [4.69, 9.17) is 4.74 Å². The smallest absolute Gasteiger partial charge is 0.186 e. The van der Waals surface area contributed by atoms with Crippen LogP contribution in [0.1, 0.15) is 5.56 Å². The minimum absolute atomic E-state index is 0.382. The van der Waals surface area contributed by atoms with Gasteiger partial charge < -0.3 is 14.6 Å². The minimum atomic E-state index is -2.00. The van der Waals surface area contributed by atoms with Crippen molar-refractivity contribution >= 4 is 11.1 Å². The molecule has 2 N–H and O–H groups in total. The molecule has 2 aromatic rings. The van der Waals surface area contributed by atoms with Crippen LogP contribution in [0.4, 0.5) is 0 Å². The molecular formula is C13H14N2O3S. The van der Waals surface area contributed by atoms with Gasteiger partial charge in [0.05, 0.1) is 11.1 Å². The molecule has 0 spiro atoms. The molecule has 0 saturated carbocycles. The Morgan fingerprint density at radius 2 is 2.21 bits per heavy atom. The van der Waals surface area contributed by atoms with Crippen LogP contribution >= 0.6 is 0 Å². The van der Waals surface area contributed by atoms with Gasteiger partial charge in [-0.1, -0.05) is 0 Å². The summed E-state index contributed by atoms with van der Waals surface area (Å²) in [5.41, 5.74) is 0.727. The van der Waals surface area contributed by atoms with Crippen LogP contribution in [0.25, 0.3) is 0 Å². The zero-order chi connectivity index (χ0) is 13.7. The molecule has 0 aliphatic heterocycles. The van der Waals surface area contributed by atoms with E-state index < -0.39 is 11.1 Å². The first-order valence-corrected chi connectivity index (χ1v) is 6.77. The van der Waals surface area contributed by atoms with Gasteiger partial charge in [-0.15, -0.1) is 0 Å². The van der Waals surface area contributed by atoms with Gasteiger partial charge in [0.15, 0.2) is 11.1 Å². The van der Waals surface area contributed by atoms with Crippen LogP contribution in [0.3, 0.4) is 0 Å². The number of aromatic nitrogens is 1. The number of ether oxygens (including phenoxy) is 1. The second-order valence-corrected chi connectivity index (χ2v) is 4.78. The summed E-state index contributed by atoms with van der Waals surface area (Å²) in [5.74, 6) is 1.23. The van der Waals surface area contributed by atoms with Gasteiger partial charge in [-0.05, 0) is 42.9 Å². The Balaban J connectivity index is 2.27. The van der Waals surface area contributed by atoms with E-state index in [9.17, 15) is 8.76 Å². The average molecular weight is 278 g/mol. The molecule has 0 aliphatic rings. The van der Waals surface area contributed by atoms with E-state index in [0.717, 1.165) is 5.56 Å². The molecule has 1 aromatic heterocycles. The third-order valence-corrected chi connectivity index (χ3v) is 3.23. The fraction of sp³-hybridized carbons (Fsp3) is 0.154. The number of nitrogens with zero attached hydrogens (tertiary/aromatic N) is 1. The Kier molecular flexibility index (Phi) is 4.62. The summed E-state index contributed by atoms with van der Waals surface area (Å²) in [6.45, 7) is 0.492. The highest BCUT2D eigenvalue weighted by atomic mass is 32.2. The molecule has 2 rings (SSSR count). The first-order chi connectivity index (χ1) is 9.20. The molecule has 19 heavy (non-hydrogen) atoms. The molecule has 1 heterocycles. The van der Waals surface area contributed by atoms with Crippen molar-refractivity contribution in [1.82, 2.24) is 10.3 Å². The van der Waals surface area contributed by atoms with Gasteiger partial charge in [0.1, 0.15) is 11.5 Å². The molecule has 0 amide bonds. The Bertz CT molecular complexity index is 575. The van der Waals surface area contributed by atoms with E-state index in [1.165, 1.54) is 0 Å². The molecule has 0 saturated heterocycles. The fourth-order valence-corrected chi connectivity index (χ4v) is 2.20. The molecule has 1 atom stereocenters. The summed E-state index contributed by atoms with van der Waals surface area (Å²) in [5, 5.41) is 2.96. The molecule has 0 radical (unpaired) electrons. The molecule has 6 heteroatoms. The van der Waals surface area contributed by atoms with Gasteiger partial charge in [-0.3, -0.25) is 4.98 Å². The quantitative estimate of drug-likeness (QED) is 0.820. The minimum Gasteiger partial charge on any atom is -0.456 e. The van der Waals surface area contributed by atoms with E-state index >= 15 is 0 Å². The van der Waals surface area contributed by atoms with E-state index in [-0.39, 0.29) is 0 Å². The summed E-state index contributed by atoms with van der Waals surface area (Å²) in [6.07, 6.45) is 3.27. The Morgan fingerprint density at radius 3 is 2.84 bits per heavy atom. The lowest BCUT2D eigenvalue weighted by molar-refractivity contribution is 0.478. The van der Waals surface area contributed by atoms with Crippen molar-refractivity contribution in [2.24, 2.45) is 0 Å². The van der Waals surface area contributed by atoms with Crippen LogP contribution in [0.5, 0.6) is 11.5 Å². The topological polar surface area (TPSA) is 71.5 Å². The lowest BCUT2D eigenvalue weighted by Gasteiger charge is -2.10. The van der Waals surface area contributed by atoms with Gasteiger partial charge in [0.25, 0.3) is 0 Å². The van der Waals surface area contributed by atoms with Gasteiger partial charge in [0.2, 0.25) is 0 Å². The highest BCUT2D eigenvalue weighted by Crippen LogP contribution is 2.24. The van der Waals surface area contributed by atoms with Gasteiger partial charge in [-0.25, -0.2) is 4.21 Å². The lowest BCUT2D eigenvalue weighted by atomic mass is 10.2. The molecule has 1 aromatic carbocycles. The van der Waals surface area contributed by atoms with Crippen molar-refractivity contribution in [2.75, 3.05) is 7.05 Å². The number of nitrogens with one attached hydrogen (secondary N) is 1.